The first-order valence-electron chi connectivity index (χ1n) is 3.77. The number of hydrogen-bond donors (Lipinski definition) is 1. The molecule has 0 aromatic heterocycles. The monoisotopic (exact) mass is 150 g/mol. The summed E-state index contributed by atoms with van der Waals surface area (Å²) in [5.74, 6) is 0.313. The SMILES string of the molecule is Oc1ccc(C2CCO2)cc1. The van der Waals surface area contributed by atoms with Crippen LogP contribution in [0.2, 0.25) is 0 Å². The summed E-state index contributed by atoms with van der Waals surface area (Å²) in [6.45, 7) is 0.867. The second kappa shape index (κ2) is 2.55. The fourth-order valence-electron chi connectivity index (χ4n) is 1.19. The highest BCUT2D eigenvalue weighted by atomic mass is 16.5. The van der Waals surface area contributed by atoms with E-state index in [1.807, 2.05) is 12.1 Å². The van der Waals surface area contributed by atoms with Crippen LogP contribution in [0.5, 0.6) is 5.75 Å². The van der Waals surface area contributed by atoms with Gasteiger partial charge in [-0.3, -0.25) is 0 Å². The first kappa shape index (κ1) is 6.68. The zero-order chi connectivity index (χ0) is 7.68. The van der Waals surface area contributed by atoms with Crippen molar-refractivity contribution < 1.29 is 9.84 Å². The zero-order valence-corrected chi connectivity index (χ0v) is 6.16. The number of ether oxygens (including phenoxy) is 1. The average Bonchev–Trinajstić information content (AvgIpc) is 1.90. The normalized spacial score (nSPS) is 22.7. The molecule has 2 nitrogen and oxygen atoms in total. The second-order valence-corrected chi connectivity index (χ2v) is 2.74. The number of hydrogen-bond acceptors (Lipinski definition) is 2. The molecule has 0 bridgehead atoms. The van der Waals surface area contributed by atoms with Crippen molar-refractivity contribution in [2.24, 2.45) is 0 Å². The van der Waals surface area contributed by atoms with Crippen LogP contribution in [0.4, 0.5) is 0 Å². The van der Waals surface area contributed by atoms with E-state index in [-0.39, 0.29) is 6.10 Å². The van der Waals surface area contributed by atoms with Gasteiger partial charge in [0.15, 0.2) is 0 Å². The maximum Gasteiger partial charge on any atom is 0.115 e. The molecular formula is C9H10O2. The molecule has 58 valence electrons. The standard InChI is InChI=1S/C9H10O2/c10-8-3-1-7(2-4-8)9-5-6-11-9/h1-4,9-10H,5-6H2. The van der Waals surface area contributed by atoms with Crippen LogP contribution in [0.25, 0.3) is 0 Å². The molecule has 0 aliphatic carbocycles. The largest absolute Gasteiger partial charge is 0.508 e. The molecule has 0 amide bonds. The maximum atomic E-state index is 8.99. The molecule has 1 aromatic rings. The van der Waals surface area contributed by atoms with E-state index in [9.17, 15) is 0 Å². The Balaban J connectivity index is 2.18. The van der Waals surface area contributed by atoms with Gasteiger partial charge in [0.05, 0.1) is 12.7 Å². The van der Waals surface area contributed by atoms with Gasteiger partial charge in [-0.15, -0.1) is 0 Å². The Morgan fingerprint density at radius 2 is 1.91 bits per heavy atom. The first-order chi connectivity index (χ1) is 5.36. The fraction of sp³-hybridized carbons (Fsp3) is 0.333. The molecule has 0 spiro atoms. The summed E-state index contributed by atoms with van der Waals surface area (Å²) < 4.78 is 5.27. The summed E-state index contributed by atoms with van der Waals surface area (Å²) in [7, 11) is 0. The topological polar surface area (TPSA) is 29.5 Å². The van der Waals surface area contributed by atoms with Crippen molar-refractivity contribution in [2.45, 2.75) is 12.5 Å². The van der Waals surface area contributed by atoms with Gasteiger partial charge in [-0.2, -0.15) is 0 Å². The molecule has 1 aliphatic rings. The van der Waals surface area contributed by atoms with Crippen molar-refractivity contribution in [3.63, 3.8) is 0 Å². The highest BCUT2D eigenvalue weighted by Crippen LogP contribution is 2.29. The van der Waals surface area contributed by atoms with Gasteiger partial charge in [-0.05, 0) is 17.7 Å². The van der Waals surface area contributed by atoms with Crippen molar-refractivity contribution >= 4 is 0 Å². The van der Waals surface area contributed by atoms with E-state index in [0.29, 0.717) is 5.75 Å². The molecule has 1 unspecified atom stereocenters. The third-order valence-electron chi connectivity index (χ3n) is 1.96. The second-order valence-electron chi connectivity index (χ2n) is 2.74. The van der Waals surface area contributed by atoms with E-state index in [1.54, 1.807) is 12.1 Å². The van der Waals surface area contributed by atoms with Crippen LogP contribution in [0.1, 0.15) is 18.1 Å². The highest BCUT2D eigenvalue weighted by Gasteiger charge is 2.19. The van der Waals surface area contributed by atoms with Crippen LogP contribution in [-0.4, -0.2) is 11.7 Å². The molecule has 1 fully saturated rings. The summed E-state index contributed by atoms with van der Waals surface area (Å²) in [6.07, 6.45) is 1.38. The quantitative estimate of drug-likeness (QED) is 0.662. The number of phenolic OH excluding ortho intramolecular Hbond substituents is 1. The smallest absolute Gasteiger partial charge is 0.115 e. The molecule has 0 radical (unpaired) electrons. The molecule has 1 aliphatic heterocycles. The number of phenols is 1. The Bertz CT molecular complexity index is 236. The fourth-order valence-corrected chi connectivity index (χ4v) is 1.19. The lowest BCUT2D eigenvalue weighted by Gasteiger charge is -2.26. The predicted molar refractivity (Wildman–Crippen MR) is 41.4 cm³/mol. The van der Waals surface area contributed by atoms with Crippen LogP contribution in [-0.2, 0) is 4.74 Å². The van der Waals surface area contributed by atoms with Gasteiger partial charge >= 0.3 is 0 Å². The Morgan fingerprint density at radius 1 is 1.27 bits per heavy atom. The van der Waals surface area contributed by atoms with Crippen molar-refractivity contribution in [1.82, 2.24) is 0 Å². The van der Waals surface area contributed by atoms with Crippen molar-refractivity contribution in [1.29, 1.82) is 0 Å². The van der Waals surface area contributed by atoms with Crippen molar-refractivity contribution in [2.75, 3.05) is 6.61 Å². The average molecular weight is 150 g/mol. The minimum atomic E-state index is 0.274. The maximum absolute atomic E-state index is 8.99. The number of benzene rings is 1. The molecule has 1 N–H and O–H groups in total. The molecule has 1 atom stereocenters. The van der Waals surface area contributed by atoms with E-state index in [4.69, 9.17) is 9.84 Å². The van der Waals surface area contributed by atoms with E-state index < -0.39 is 0 Å². The van der Waals surface area contributed by atoms with E-state index in [1.165, 1.54) is 0 Å². The zero-order valence-electron chi connectivity index (χ0n) is 6.16. The van der Waals surface area contributed by atoms with E-state index in [2.05, 4.69) is 0 Å². The van der Waals surface area contributed by atoms with E-state index >= 15 is 0 Å². The van der Waals surface area contributed by atoms with Crippen molar-refractivity contribution in [3.05, 3.63) is 29.8 Å². The van der Waals surface area contributed by atoms with Gasteiger partial charge in [0, 0.05) is 6.42 Å². The number of rotatable bonds is 1. The Hall–Kier alpha value is -1.02. The van der Waals surface area contributed by atoms with Gasteiger partial charge in [0.1, 0.15) is 5.75 Å². The minimum Gasteiger partial charge on any atom is -0.508 e. The lowest BCUT2D eigenvalue weighted by molar-refractivity contribution is -0.0527. The summed E-state index contributed by atoms with van der Waals surface area (Å²) in [4.78, 5) is 0. The van der Waals surface area contributed by atoms with Crippen LogP contribution in [0.15, 0.2) is 24.3 Å². The highest BCUT2D eigenvalue weighted by molar-refractivity contribution is 5.27. The van der Waals surface area contributed by atoms with Gasteiger partial charge in [-0.25, -0.2) is 0 Å². The molecule has 1 heterocycles. The van der Waals surface area contributed by atoms with Crippen LogP contribution < -0.4 is 0 Å². The Labute approximate surface area is 65.4 Å². The van der Waals surface area contributed by atoms with E-state index in [0.717, 1.165) is 18.6 Å². The van der Waals surface area contributed by atoms with Gasteiger partial charge in [-0.1, -0.05) is 12.1 Å². The summed E-state index contributed by atoms with van der Waals surface area (Å²) >= 11 is 0. The predicted octanol–water partition coefficient (Wildman–Crippen LogP) is 1.85. The molecular weight excluding hydrogens is 140 g/mol. The minimum absolute atomic E-state index is 0.274. The van der Waals surface area contributed by atoms with Crippen molar-refractivity contribution in [3.8, 4) is 5.75 Å². The van der Waals surface area contributed by atoms with Crippen LogP contribution >= 0.6 is 0 Å². The number of aromatic hydroxyl groups is 1. The Morgan fingerprint density at radius 3 is 2.36 bits per heavy atom. The molecule has 1 saturated heterocycles. The third-order valence-corrected chi connectivity index (χ3v) is 1.96. The molecule has 2 heteroatoms. The lowest BCUT2D eigenvalue weighted by Crippen LogP contribution is -2.17. The lowest BCUT2D eigenvalue weighted by atomic mass is 10.0. The van der Waals surface area contributed by atoms with Crippen LogP contribution in [0, 0.1) is 0 Å². The van der Waals surface area contributed by atoms with Gasteiger partial charge in [0.2, 0.25) is 0 Å². The Kier molecular flexibility index (Phi) is 1.55. The molecule has 1 aromatic carbocycles. The molecule has 2 rings (SSSR count). The third kappa shape index (κ3) is 1.21. The van der Waals surface area contributed by atoms with Gasteiger partial charge in [0.25, 0.3) is 0 Å². The summed E-state index contributed by atoms with van der Waals surface area (Å²) in [5.41, 5.74) is 1.16. The summed E-state index contributed by atoms with van der Waals surface area (Å²) in [5, 5.41) is 8.99. The summed E-state index contributed by atoms with van der Waals surface area (Å²) in [6, 6.07) is 7.19. The van der Waals surface area contributed by atoms with Crippen LogP contribution in [0.3, 0.4) is 0 Å². The van der Waals surface area contributed by atoms with Gasteiger partial charge < -0.3 is 9.84 Å². The molecule has 11 heavy (non-hydrogen) atoms. The molecule has 0 saturated carbocycles. The first-order valence-corrected chi connectivity index (χ1v) is 3.77.